The van der Waals surface area contributed by atoms with Crippen LogP contribution in [0.1, 0.15) is 39.0 Å². The van der Waals surface area contributed by atoms with Crippen molar-refractivity contribution in [3.8, 4) is 11.5 Å². The third kappa shape index (κ3) is 3.90. The summed E-state index contributed by atoms with van der Waals surface area (Å²) in [5, 5.41) is 0. The minimum absolute atomic E-state index is 0.0761. The Balaban J connectivity index is 2.02. The van der Waals surface area contributed by atoms with Gasteiger partial charge in [0.15, 0.2) is 6.10 Å². The Morgan fingerprint density at radius 3 is 2.62 bits per heavy atom. The molecule has 0 aromatic heterocycles. The Kier molecular flexibility index (Phi) is 5.48. The number of likely N-dealkylation sites (N-methyl/N-ethyl adjacent to an activating group) is 1. The highest BCUT2D eigenvalue weighted by Gasteiger charge is 2.29. The molecule has 0 bridgehead atoms. The van der Waals surface area contributed by atoms with Crippen molar-refractivity contribution >= 4 is 5.91 Å². The lowest BCUT2D eigenvalue weighted by molar-refractivity contribution is -0.139. The molecule has 4 heteroatoms. The van der Waals surface area contributed by atoms with Crippen molar-refractivity contribution in [1.29, 1.82) is 0 Å². The highest BCUT2D eigenvalue weighted by atomic mass is 16.5. The first-order valence-corrected chi connectivity index (χ1v) is 7.73. The molecule has 1 amide bonds. The normalized spacial score (nSPS) is 16.5. The van der Waals surface area contributed by atoms with Crippen molar-refractivity contribution in [3.05, 3.63) is 24.3 Å². The van der Waals surface area contributed by atoms with Gasteiger partial charge in [0.25, 0.3) is 5.91 Å². The predicted molar refractivity (Wildman–Crippen MR) is 82.7 cm³/mol. The molecule has 1 atom stereocenters. The molecule has 1 saturated carbocycles. The summed E-state index contributed by atoms with van der Waals surface area (Å²) in [6.07, 6.45) is 4.89. The van der Waals surface area contributed by atoms with Gasteiger partial charge in [0.1, 0.15) is 11.5 Å². The van der Waals surface area contributed by atoms with Crippen LogP contribution in [0.25, 0.3) is 0 Å². The number of ether oxygens (including phenoxy) is 2. The van der Waals surface area contributed by atoms with Crippen molar-refractivity contribution in [1.82, 2.24) is 4.90 Å². The van der Waals surface area contributed by atoms with Crippen LogP contribution >= 0.6 is 0 Å². The van der Waals surface area contributed by atoms with Gasteiger partial charge >= 0.3 is 0 Å². The van der Waals surface area contributed by atoms with Crippen LogP contribution in [0.5, 0.6) is 11.5 Å². The van der Waals surface area contributed by atoms with E-state index >= 15 is 0 Å². The second-order valence-electron chi connectivity index (χ2n) is 5.58. The first-order valence-electron chi connectivity index (χ1n) is 7.73. The second kappa shape index (κ2) is 7.34. The SMILES string of the molecule is CC[C@@H](Oc1cccc(OC)c1)C(=O)N(C)C1CCCC1. The summed E-state index contributed by atoms with van der Waals surface area (Å²) >= 11 is 0. The first kappa shape index (κ1) is 15.7. The predicted octanol–water partition coefficient (Wildman–Crippen LogP) is 3.25. The van der Waals surface area contributed by atoms with Crippen molar-refractivity contribution in [2.75, 3.05) is 14.2 Å². The molecule has 0 aliphatic heterocycles. The average Bonchev–Trinajstić information content (AvgIpc) is 3.05. The number of nitrogens with zero attached hydrogens (tertiary/aromatic N) is 1. The molecular weight excluding hydrogens is 266 g/mol. The molecule has 1 fully saturated rings. The molecule has 0 saturated heterocycles. The zero-order chi connectivity index (χ0) is 15.2. The van der Waals surface area contributed by atoms with Gasteiger partial charge in [0.2, 0.25) is 0 Å². The summed E-state index contributed by atoms with van der Waals surface area (Å²) in [7, 11) is 3.52. The van der Waals surface area contributed by atoms with Crippen LogP contribution in [-0.4, -0.2) is 37.1 Å². The number of carbonyl (C=O) groups is 1. The van der Waals surface area contributed by atoms with Gasteiger partial charge in [-0.2, -0.15) is 0 Å². The summed E-state index contributed by atoms with van der Waals surface area (Å²) in [6, 6.07) is 7.77. The van der Waals surface area contributed by atoms with Gasteiger partial charge in [-0.25, -0.2) is 0 Å². The standard InChI is InChI=1S/C17H25NO3/c1-4-16(17(19)18(2)13-8-5-6-9-13)21-15-11-7-10-14(12-15)20-3/h7,10-13,16H,4-6,8-9H2,1-3H3/t16-/m1/s1. The number of methoxy groups -OCH3 is 1. The number of hydrogen-bond donors (Lipinski definition) is 0. The summed E-state index contributed by atoms with van der Waals surface area (Å²) in [5.74, 6) is 1.49. The van der Waals surface area contributed by atoms with Gasteiger partial charge in [-0.1, -0.05) is 25.8 Å². The average molecular weight is 291 g/mol. The number of amides is 1. The quantitative estimate of drug-likeness (QED) is 0.807. The molecule has 1 aromatic carbocycles. The first-order chi connectivity index (χ1) is 10.2. The van der Waals surface area contributed by atoms with E-state index in [1.165, 1.54) is 12.8 Å². The van der Waals surface area contributed by atoms with E-state index < -0.39 is 6.10 Å². The van der Waals surface area contributed by atoms with E-state index in [1.807, 2.05) is 43.1 Å². The molecule has 1 aromatic rings. The molecule has 1 aliphatic rings. The minimum Gasteiger partial charge on any atom is -0.497 e. The molecule has 4 nitrogen and oxygen atoms in total. The van der Waals surface area contributed by atoms with Crippen molar-refractivity contribution < 1.29 is 14.3 Å². The van der Waals surface area contributed by atoms with Crippen LogP contribution in [0.2, 0.25) is 0 Å². The minimum atomic E-state index is -0.428. The fourth-order valence-electron chi connectivity index (χ4n) is 2.85. The van der Waals surface area contributed by atoms with Crippen LogP contribution in [0.4, 0.5) is 0 Å². The number of hydrogen-bond acceptors (Lipinski definition) is 3. The van der Waals surface area contributed by atoms with E-state index in [-0.39, 0.29) is 5.91 Å². The molecule has 116 valence electrons. The maximum atomic E-state index is 12.6. The molecule has 21 heavy (non-hydrogen) atoms. The van der Waals surface area contributed by atoms with Gasteiger partial charge in [-0.05, 0) is 31.4 Å². The second-order valence-corrected chi connectivity index (χ2v) is 5.58. The topological polar surface area (TPSA) is 38.8 Å². The fraction of sp³-hybridized carbons (Fsp3) is 0.588. The molecule has 0 spiro atoms. The van der Waals surface area contributed by atoms with Crippen LogP contribution < -0.4 is 9.47 Å². The van der Waals surface area contributed by atoms with Gasteiger partial charge in [-0.3, -0.25) is 4.79 Å². The summed E-state index contributed by atoms with van der Waals surface area (Å²) in [4.78, 5) is 14.5. The highest BCUT2D eigenvalue weighted by molar-refractivity contribution is 5.81. The van der Waals surface area contributed by atoms with Gasteiger partial charge in [-0.15, -0.1) is 0 Å². The van der Waals surface area contributed by atoms with Crippen LogP contribution in [0.15, 0.2) is 24.3 Å². The number of carbonyl (C=O) groups excluding carboxylic acids is 1. The smallest absolute Gasteiger partial charge is 0.263 e. The zero-order valence-corrected chi connectivity index (χ0v) is 13.2. The summed E-state index contributed by atoms with van der Waals surface area (Å²) in [5.41, 5.74) is 0. The molecule has 0 N–H and O–H groups in total. The monoisotopic (exact) mass is 291 g/mol. The summed E-state index contributed by atoms with van der Waals surface area (Å²) < 4.78 is 11.1. The molecule has 1 aliphatic carbocycles. The van der Waals surface area contributed by atoms with Gasteiger partial charge in [0.05, 0.1) is 7.11 Å². The van der Waals surface area contributed by atoms with Crippen molar-refractivity contribution in [2.24, 2.45) is 0 Å². The van der Waals surface area contributed by atoms with E-state index in [0.29, 0.717) is 18.2 Å². The Bertz CT molecular complexity index is 469. The maximum absolute atomic E-state index is 12.6. The van der Waals surface area contributed by atoms with Crippen LogP contribution in [0.3, 0.4) is 0 Å². The molecular formula is C17H25NO3. The van der Waals surface area contributed by atoms with E-state index in [4.69, 9.17) is 9.47 Å². The third-order valence-electron chi connectivity index (χ3n) is 4.19. The largest absolute Gasteiger partial charge is 0.497 e. The lowest BCUT2D eigenvalue weighted by atomic mass is 10.1. The molecule has 0 unspecified atom stereocenters. The molecule has 0 radical (unpaired) electrons. The third-order valence-corrected chi connectivity index (χ3v) is 4.19. The van der Waals surface area contributed by atoms with E-state index in [9.17, 15) is 4.79 Å². The van der Waals surface area contributed by atoms with E-state index in [0.717, 1.165) is 18.6 Å². The molecule has 2 rings (SSSR count). The lowest BCUT2D eigenvalue weighted by Gasteiger charge is -2.28. The Morgan fingerprint density at radius 1 is 1.33 bits per heavy atom. The van der Waals surface area contributed by atoms with Crippen molar-refractivity contribution in [3.63, 3.8) is 0 Å². The maximum Gasteiger partial charge on any atom is 0.263 e. The van der Waals surface area contributed by atoms with Crippen LogP contribution in [-0.2, 0) is 4.79 Å². The zero-order valence-electron chi connectivity index (χ0n) is 13.2. The van der Waals surface area contributed by atoms with Crippen LogP contribution in [0, 0.1) is 0 Å². The van der Waals surface area contributed by atoms with Gasteiger partial charge in [0, 0.05) is 19.2 Å². The number of benzene rings is 1. The Hall–Kier alpha value is -1.71. The summed E-state index contributed by atoms with van der Waals surface area (Å²) in [6.45, 7) is 1.98. The van der Waals surface area contributed by atoms with Gasteiger partial charge < -0.3 is 14.4 Å². The fourth-order valence-corrected chi connectivity index (χ4v) is 2.85. The Labute approximate surface area is 127 Å². The van der Waals surface area contributed by atoms with Crippen molar-refractivity contribution in [2.45, 2.75) is 51.2 Å². The number of rotatable bonds is 6. The van der Waals surface area contributed by atoms with E-state index in [2.05, 4.69) is 0 Å². The highest BCUT2D eigenvalue weighted by Crippen LogP contribution is 2.25. The lowest BCUT2D eigenvalue weighted by Crippen LogP contribution is -2.43. The van der Waals surface area contributed by atoms with E-state index in [1.54, 1.807) is 7.11 Å². The molecule has 0 heterocycles. The Morgan fingerprint density at radius 2 is 2.00 bits per heavy atom.